The van der Waals surface area contributed by atoms with Crippen LogP contribution in [0.3, 0.4) is 0 Å². The Morgan fingerprint density at radius 1 is 0.833 bits per heavy atom. The average molecular weight is 449 g/mol. The number of rotatable bonds is 3. The van der Waals surface area contributed by atoms with Gasteiger partial charge in [-0.15, -0.1) is 0 Å². The fourth-order valence-corrected chi connectivity index (χ4v) is 2.60. The minimum absolute atomic E-state index is 0. The van der Waals surface area contributed by atoms with Crippen LogP contribution in [0.15, 0.2) is 78.9 Å². The lowest BCUT2D eigenvalue weighted by molar-refractivity contribution is -0.352. The maximum atomic E-state index is 3.49. The summed E-state index contributed by atoms with van der Waals surface area (Å²) in [6.07, 6.45) is 0. The van der Waals surface area contributed by atoms with Gasteiger partial charge in [0.15, 0.2) is 0 Å². The van der Waals surface area contributed by atoms with Crippen molar-refractivity contribution < 1.29 is 17.4 Å². The second kappa shape index (κ2) is 8.85. The molecule has 0 unspecified atom stereocenters. The van der Waals surface area contributed by atoms with Crippen LogP contribution >= 0.6 is 22.6 Å². The maximum Gasteiger partial charge on any atom is 0.285 e. The fraction of sp³-hybridized carbons (Fsp3) is 0.0500. The molecular weight excluding hydrogens is 431 g/mol. The summed E-state index contributed by atoms with van der Waals surface area (Å²) in [6.45, 7) is 2.09. The summed E-state index contributed by atoms with van der Waals surface area (Å²) in [5.74, 6) is 0.968. The highest BCUT2D eigenvalue weighted by Gasteiger charge is 2.11. The molecule has 0 aliphatic carbocycles. The van der Waals surface area contributed by atoms with Gasteiger partial charge in [-0.3, -0.25) is 0 Å². The Morgan fingerprint density at radius 2 is 1.46 bits per heavy atom. The third-order valence-electron chi connectivity index (χ3n) is 3.50. The minimum Gasteiger partial charge on any atom is -1.00 e. The zero-order valence-electron chi connectivity index (χ0n) is 13.3. The van der Waals surface area contributed by atoms with Crippen LogP contribution in [0.25, 0.3) is 0 Å². The van der Waals surface area contributed by atoms with Crippen LogP contribution in [0.4, 0.5) is 11.4 Å². The van der Waals surface area contributed by atoms with Gasteiger partial charge in [0.2, 0.25) is 0 Å². The van der Waals surface area contributed by atoms with Gasteiger partial charge in [-0.05, 0) is 78.0 Å². The number of amidine groups is 1. The van der Waals surface area contributed by atoms with Crippen molar-refractivity contribution in [1.29, 1.82) is 0 Å². The van der Waals surface area contributed by atoms with E-state index < -0.39 is 0 Å². The largest absolute Gasteiger partial charge is 1.00 e. The van der Waals surface area contributed by atoms with Crippen molar-refractivity contribution in [2.24, 2.45) is 0 Å². The van der Waals surface area contributed by atoms with Crippen LogP contribution in [0.2, 0.25) is 0 Å². The standard InChI is InChI=1S/C20H17IN2.ClH/c1-15-7-11-18(12-8-15)22-20(16-5-3-2-4-6-16)23-19-13-9-17(21)10-14-19;/h2-14H,1H3,(H,22,23);1H. The molecule has 0 atom stereocenters. The predicted octanol–water partition coefficient (Wildman–Crippen LogP) is 0.875. The SMILES string of the molecule is Cc1ccc([NH+]=C(Nc2ccc(I)cc2)c2ccccc2)cc1.[Cl-]. The minimum atomic E-state index is 0. The zero-order chi connectivity index (χ0) is 16.1. The number of halogens is 2. The van der Waals surface area contributed by atoms with E-state index in [4.69, 9.17) is 0 Å². The number of nitrogens with one attached hydrogen (secondary N) is 2. The van der Waals surface area contributed by atoms with Crippen molar-refractivity contribution in [3.8, 4) is 0 Å². The average Bonchev–Trinajstić information content (AvgIpc) is 2.59. The molecule has 122 valence electrons. The lowest BCUT2D eigenvalue weighted by atomic mass is 10.2. The van der Waals surface area contributed by atoms with Crippen LogP contribution in [0.5, 0.6) is 0 Å². The Kier molecular flexibility index (Phi) is 6.82. The second-order valence-electron chi connectivity index (χ2n) is 5.36. The molecule has 3 aromatic rings. The molecular formula is C20H18ClIN2. The van der Waals surface area contributed by atoms with Gasteiger partial charge in [0, 0.05) is 3.57 Å². The molecule has 0 radical (unpaired) electrons. The van der Waals surface area contributed by atoms with E-state index in [0.29, 0.717) is 0 Å². The molecule has 0 spiro atoms. The first-order valence-corrected chi connectivity index (χ1v) is 8.57. The first kappa shape index (κ1) is 18.5. The number of hydrogen-bond donors (Lipinski definition) is 2. The topological polar surface area (TPSA) is 26.0 Å². The van der Waals surface area contributed by atoms with E-state index in [1.807, 2.05) is 18.2 Å². The molecule has 4 heteroatoms. The highest BCUT2D eigenvalue weighted by Crippen LogP contribution is 2.12. The van der Waals surface area contributed by atoms with E-state index in [1.165, 1.54) is 9.13 Å². The molecule has 0 saturated carbocycles. The quantitative estimate of drug-likeness (QED) is 0.347. The van der Waals surface area contributed by atoms with E-state index in [-0.39, 0.29) is 12.4 Å². The number of anilines is 1. The van der Waals surface area contributed by atoms with Crippen molar-refractivity contribution >= 4 is 39.8 Å². The third kappa shape index (κ3) is 5.08. The molecule has 0 bridgehead atoms. The molecule has 0 aliphatic rings. The van der Waals surface area contributed by atoms with E-state index in [9.17, 15) is 0 Å². The molecule has 0 aliphatic heterocycles. The summed E-state index contributed by atoms with van der Waals surface area (Å²) in [6, 6.07) is 27.1. The maximum absolute atomic E-state index is 3.49. The first-order chi connectivity index (χ1) is 11.2. The van der Waals surface area contributed by atoms with E-state index in [0.717, 1.165) is 22.8 Å². The Hall–Kier alpha value is -1.85. The van der Waals surface area contributed by atoms with Crippen molar-refractivity contribution in [3.05, 3.63) is 93.6 Å². The summed E-state index contributed by atoms with van der Waals surface area (Å²) in [5, 5.41) is 3.49. The first-order valence-electron chi connectivity index (χ1n) is 7.49. The van der Waals surface area contributed by atoms with Gasteiger partial charge in [0.25, 0.3) is 5.84 Å². The third-order valence-corrected chi connectivity index (χ3v) is 4.22. The molecule has 3 aromatic carbocycles. The van der Waals surface area contributed by atoms with E-state index >= 15 is 0 Å². The summed E-state index contributed by atoms with van der Waals surface area (Å²) in [5.41, 5.74) is 4.49. The van der Waals surface area contributed by atoms with Gasteiger partial charge in [0.1, 0.15) is 11.4 Å². The number of aryl methyl sites for hydroxylation is 1. The summed E-state index contributed by atoms with van der Waals surface area (Å²) >= 11 is 2.31. The molecule has 3 rings (SSSR count). The van der Waals surface area contributed by atoms with Gasteiger partial charge in [-0.1, -0.05) is 35.9 Å². The molecule has 0 amide bonds. The molecule has 2 nitrogen and oxygen atoms in total. The molecule has 0 saturated heterocycles. The highest BCUT2D eigenvalue weighted by atomic mass is 127. The Labute approximate surface area is 162 Å². The molecule has 24 heavy (non-hydrogen) atoms. The summed E-state index contributed by atoms with van der Waals surface area (Å²) in [4.78, 5) is 3.49. The van der Waals surface area contributed by atoms with Crippen molar-refractivity contribution in [1.82, 2.24) is 0 Å². The van der Waals surface area contributed by atoms with Gasteiger partial charge in [0.05, 0.1) is 5.56 Å². The van der Waals surface area contributed by atoms with Crippen LogP contribution in [-0.4, -0.2) is 5.84 Å². The van der Waals surface area contributed by atoms with Gasteiger partial charge >= 0.3 is 0 Å². The zero-order valence-corrected chi connectivity index (χ0v) is 16.2. The van der Waals surface area contributed by atoms with Crippen LogP contribution in [0, 0.1) is 10.5 Å². The smallest absolute Gasteiger partial charge is 0.285 e. The lowest BCUT2D eigenvalue weighted by Crippen LogP contribution is -3.00. The lowest BCUT2D eigenvalue weighted by Gasteiger charge is -2.04. The fourth-order valence-electron chi connectivity index (χ4n) is 2.24. The normalized spacial score (nSPS) is 10.8. The Balaban J connectivity index is 0.00000208. The van der Waals surface area contributed by atoms with Crippen LogP contribution < -0.4 is 22.7 Å². The Bertz CT molecular complexity index is 797. The molecule has 0 aromatic heterocycles. The highest BCUT2D eigenvalue weighted by molar-refractivity contribution is 14.1. The molecule has 0 fully saturated rings. The van der Waals surface area contributed by atoms with E-state index in [2.05, 4.69) is 100 Å². The summed E-state index contributed by atoms with van der Waals surface area (Å²) in [7, 11) is 0. The van der Waals surface area contributed by atoms with Crippen molar-refractivity contribution in [3.63, 3.8) is 0 Å². The predicted molar refractivity (Wildman–Crippen MR) is 105 cm³/mol. The van der Waals surface area contributed by atoms with Crippen LogP contribution in [-0.2, 0) is 0 Å². The Morgan fingerprint density at radius 3 is 2.08 bits per heavy atom. The van der Waals surface area contributed by atoms with Gasteiger partial charge in [-0.2, -0.15) is 0 Å². The molecule has 2 N–H and O–H groups in total. The van der Waals surface area contributed by atoms with Gasteiger partial charge in [-0.25, -0.2) is 10.3 Å². The monoisotopic (exact) mass is 448 g/mol. The second-order valence-corrected chi connectivity index (χ2v) is 6.61. The van der Waals surface area contributed by atoms with Crippen LogP contribution in [0.1, 0.15) is 11.1 Å². The summed E-state index contributed by atoms with van der Waals surface area (Å²) < 4.78 is 1.22. The van der Waals surface area contributed by atoms with Gasteiger partial charge < -0.3 is 12.4 Å². The van der Waals surface area contributed by atoms with E-state index in [1.54, 1.807) is 0 Å². The number of hydrogen-bond acceptors (Lipinski definition) is 0. The molecule has 0 heterocycles. The van der Waals surface area contributed by atoms with Crippen molar-refractivity contribution in [2.75, 3.05) is 5.32 Å². The van der Waals surface area contributed by atoms with Crippen molar-refractivity contribution in [2.45, 2.75) is 6.92 Å². The number of benzene rings is 3.